The molecule has 1 N–H and O–H groups in total. The van der Waals surface area contributed by atoms with Gasteiger partial charge in [0.15, 0.2) is 0 Å². The fourth-order valence-electron chi connectivity index (χ4n) is 4.26. The first-order valence-electron chi connectivity index (χ1n) is 11.8. The summed E-state index contributed by atoms with van der Waals surface area (Å²) in [6, 6.07) is 17.9. The summed E-state index contributed by atoms with van der Waals surface area (Å²) in [6.07, 6.45) is 3.94. The predicted octanol–water partition coefficient (Wildman–Crippen LogP) is 3.85. The topological polar surface area (TPSA) is 76.5 Å². The third-order valence-electron chi connectivity index (χ3n) is 6.27. The number of ether oxygens (including phenoxy) is 1. The van der Waals surface area contributed by atoms with Crippen LogP contribution in [0.5, 0.6) is 0 Å². The second-order valence-electron chi connectivity index (χ2n) is 8.74. The van der Waals surface area contributed by atoms with E-state index < -0.39 is 0 Å². The number of methoxy groups -OCH3 is 1. The summed E-state index contributed by atoms with van der Waals surface area (Å²) in [5.41, 5.74) is 4.23. The molecule has 0 spiro atoms. The van der Waals surface area contributed by atoms with Crippen LogP contribution in [0.4, 0.5) is 0 Å². The molecule has 0 bridgehead atoms. The molecule has 1 fully saturated rings. The Hall–Kier alpha value is -3.45. The fraction of sp³-hybridized carbons (Fsp3) is 0.370. The Kier molecular flexibility index (Phi) is 7.75. The number of aromatic nitrogens is 2. The van der Waals surface area contributed by atoms with E-state index in [-0.39, 0.29) is 17.7 Å². The van der Waals surface area contributed by atoms with Gasteiger partial charge in [0, 0.05) is 51.0 Å². The quantitative estimate of drug-likeness (QED) is 0.518. The summed E-state index contributed by atoms with van der Waals surface area (Å²) < 4.78 is 6.80. The number of likely N-dealkylation sites (tertiary alicyclic amines) is 1. The van der Waals surface area contributed by atoms with E-state index in [1.165, 1.54) is 5.56 Å². The van der Waals surface area contributed by atoms with Gasteiger partial charge in [-0.15, -0.1) is 0 Å². The monoisotopic (exact) mass is 460 g/mol. The maximum atomic E-state index is 13.6. The van der Waals surface area contributed by atoms with E-state index in [4.69, 9.17) is 9.84 Å². The molecule has 4 rings (SSSR count). The minimum Gasteiger partial charge on any atom is -0.385 e. The molecule has 7 nitrogen and oxygen atoms in total. The molecule has 0 saturated carbocycles. The Bertz CT molecular complexity index is 1100. The van der Waals surface area contributed by atoms with Gasteiger partial charge in [-0.1, -0.05) is 48.0 Å². The molecule has 34 heavy (non-hydrogen) atoms. The van der Waals surface area contributed by atoms with Gasteiger partial charge in [-0.05, 0) is 38.3 Å². The minimum absolute atomic E-state index is 0.0452. The van der Waals surface area contributed by atoms with Crippen molar-refractivity contribution in [2.45, 2.75) is 26.2 Å². The number of piperidine rings is 1. The zero-order valence-electron chi connectivity index (χ0n) is 19.9. The number of benzene rings is 2. The van der Waals surface area contributed by atoms with E-state index in [2.05, 4.69) is 5.32 Å². The van der Waals surface area contributed by atoms with Gasteiger partial charge in [0.05, 0.1) is 11.3 Å². The number of hydrogen-bond donors (Lipinski definition) is 1. The first-order valence-corrected chi connectivity index (χ1v) is 11.8. The van der Waals surface area contributed by atoms with E-state index in [9.17, 15) is 9.59 Å². The summed E-state index contributed by atoms with van der Waals surface area (Å²) in [6.45, 7) is 4.40. The third-order valence-corrected chi connectivity index (χ3v) is 6.27. The summed E-state index contributed by atoms with van der Waals surface area (Å²) in [7, 11) is 1.66. The van der Waals surface area contributed by atoms with Crippen molar-refractivity contribution in [2.75, 3.05) is 33.4 Å². The SMILES string of the molecule is COCCCNC(=O)C1CCN(C(=O)c2cn(-c3ccc(C)cc3)nc2-c2ccccc2)CC1. The van der Waals surface area contributed by atoms with Crippen LogP contribution in [0.2, 0.25) is 0 Å². The fourth-order valence-corrected chi connectivity index (χ4v) is 4.26. The van der Waals surface area contributed by atoms with E-state index in [1.54, 1.807) is 11.8 Å². The van der Waals surface area contributed by atoms with E-state index in [0.29, 0.717) is 50.3 Å². The van der Waals surface area contributed by atoms with Crippen LogP contribution in [0.25, 0.3) is 16.9 Å². The van der Waals surface area contributed by atoms with Gasteiger partial charge < -0.3 is 15.0 Å². The molecule has 1 saturated heterocycles. The van der Waals surface area contributed by atoms with Crippen LogP contribution in [-0.4, -0.2) is 59.8 Å². The molecule has 2 heterocycles. The second-order valence-corrected chi connectivity index (χ2v) is 8.74. The zero-order chi connectivity index (χ0) is 23.9. The van der Waals surface area contributed by atoms with Crippen LogP contribution in [-0.2, 0) is 9.53 Å². The first kappa shape index (κ1) is 23.7. The van der Waals surface area contributed by atoms with Crippen LogP contribution in [0.3, 0.4) is 0 Å². The second kappa shape index (κ2) is 11.1. The Morgan fingerprint density at radius 2 is 1.76 bits per heavy atom. The van der Waals surface area contributed by atoms with Crippen molar-refractivity contribution in [2.24, 2.45) is 5.92 Å². The van der Waals surface area contributed by atoms with Gasteiger partial charge >= 0.3 is 0 Å². The van der Waals surface area contributed by atoms with Crippen molar-refractivity contribution in [3.8, 4) is 16.9 Å². The van der Waals surface area contributed by atoms with Crippen LogP contribution >= 0.6 is 0 Å². The van der Waals surface area contributed by atoms with E-state index in [0.717, 1.165) is 17.7 Å². The Balaban J connectivity index is 1.49. The van der Waals surface area contributed by atoms with Gasteiger partial charge in [-0.2, -0.15) is 5.10 Å². The maximum Gasteiger partial charge on any atom is 0.257 e. The van der Waals surface area contributed by atoms with Crippen molar-refractivity contribution >= 4 is 11.8 Å². The summed E-state index contributed by atoms with van der Waals surface area (Å²) in [5, 5.41) is 7.77. The average Bonchev–Trinajstić information content (AvgIpc) is 3.32. The number of amides is 2. The van der Waals surface area contributed by atoms with Crippen molar-refractivity contribution in [3.05, 3.63) is 71.9 Å². The molecule has 178 valence electrons. The lowest BCUT2D eigenvalue weighted by atomic mass is 9.95. The molecule has 3 aromatic rings. The molecule has 2 amide bonds. The van der Waals surface area contributed by atoms with Crippen LogP contribution in [0.15, 0.2) is 60.8 Å². The summed E-state index contributed by atoms with van der Waals surface area (Å²) in [4.78, 5) is 27.9. The number of rotatable bonds is 8. The van der Waals surface area contributed by atoms with Crippen LogP contribution in [0, 0.1) is 12.8 Å². The number of hydrogen-bond acceptors (Lipinski definition) is 4. The lowest BCUT2D eigenvalue weighted by Gasteiger charge is -2.31. The number of aryl methyl sites for hydroxylation is 1. The maximum absolute atomic E-state index is 13.6. The minimum atomic E-state index is -0.0597. The molecule has 0 aliphatic carbocycles. The first-order chi connectivity index (χ1) is 16.6. The molecular weight excluding hydrogens is 428 g/mol. The van der Waals surface area contributed by atoms with Crippen molar-refractivity contribution in [1.82, 2.24) is 20.0 Å². The highest BCUT2D eigenvalue weighted by atomic mass is 16.5. The lowest BCUT2D eigenvalue weighted by molar-refractivity contribution is -0.126. The third kappa shape index (κ3) is 5.54. The number of nitrogens with zero attached hydrogens (tertiary/aromatic N) is 3. The molecule has 1 aliphatic heterocycles. The number of carbonyl (C=O) groups excluding carboxylic acids is 2. The normalized spacial score (nSPS) is 14.2. The zero-order valence-corrected chi connectivity index (χ0v) is 19.9. The molecule has 7 heteroatoms. The summed E-state index contributed by atoms with van der Waals surface area (Å²) in [5.74, 6) is -0.0352. The van der Waals surface area contributed by atoms with Gasteiger partial charge in [0.25, 0.3) is 5.91 Å². The molecule has 0 radical (unpaired) electrons. The standard InChI is InChI=1S/C27H32N4O3/c1-20-9-11-23(12-10-20)31-19-24(25(29-31)21-7-4-3-5-8-21)27(33)30-16-13-22(14-17-30)26(32)28-15-6-18-34-2/h3-5,7-12,19,22H,6,13-18H2,1-2H3,(H,28,32). The Morgan fingerprint density at radius 3 is 2.44 bits per heavy atom. The molecule has 2 aromatic carbocycles. The summed E-state index contributed by atoms with van der Waals surface area (Å²) >= 11 is 0. The van der Waals surface area contributed by atoms with Gasteiger partial charge in [-0.25, -0.2) is 4.68 Å². The molecule has 1 aromatic heterocycles. The Morgan fingerprint density at radius 1 is 1.06 bits per heavy atom. The smallest absolute Gasteiger partial charge is 0.257 e. The number of carbonyl (C=O) groups is 2. The molecular formula is C27H32N4O3. The van der Waals surface area contributed by atoms with Gasteiger partial charge in [-0.3, -0.25) is 9.59 Å². The lowest BCUT2D eigenvalue weighted by Crippen LogP contribution is -2.43. The highest BCUT2D eigenvalue weighted by molar-refractivity contribution is 6.00. The predicted molar refractivity (Wildman–Crippen MR) is 132 cm³/mol. The Labute approximate surface area is 200 Å². The van der Waals surface area contributed by atoms with Crippen molar-refractivity contribution in [3.63, 3.8) is 0 Å². The number of nitrogens with one attached hydrogen (secondary N) is 1. The molecule has 1 aliphatic rings. The van der Waals surface area contributed by atoms with Gasteiger partial charge in [0.1, 0.15) is 5.69 Å². The highest BCUT2D eigenvalue weighted by Gasteiger charge is 2.30. The van der Waals surface area contributed by atoms with Crippen molar-refractivity contribution in [1.29, 1.82) is 0 Å². The van der Waals surface area contributed by atoms with E-state index in [1.807, 2.05) is 72.6 Å². The van der Waals surface area contributed by atoms with Crippen molar-refractivity contribution < 1.29 is 14.3 Å². The highest BCUT2D eigenvalue weighted by Crippen LogP contribution is 2.27. The van der Waals surface area contributed by atoms with E-state index >= 15 is 0 Å². The molecule has 0 atom stereocenters. The van der Waals surface area contributed by atoms with Gasteiger partial charge in [0.2, 0.25) is 5.91 Å². The molecule has 0 unspecified atom stereocenters. The largest absolute Gasteiger partial charge is 0.385 e. The van der Waals surface area contributed by atoms with Crippen LogP contribution < -0.4 is 5.32 Å². The average molecular weight is 461 g/mol. The van der Waals surface area contributed by atoms with Crippen LogP contribution in [0.1, 0.15) is 35.2 Å².